The number of nitrogens with one attached hydrogen (secondary N) is 1. The van der Waals surface area contributed by atoms with Gasteiger partial charge in [0.15, 0.2) is 0 Å². The minimum atomic E-state index is 0.0708. The summed E-state index contributed by atoms with van der Waals surface area (Å²) in [5.41, 5.74) is 1.51. The molecule has 3 fully saturated rings. The van der Waals surface area contributed by atoms with Gasteiger partial charge in [-0.15, -0.1) is 0 Å². The summed E-state index contributed by atoms with van der Waals surface area (Å²) >= 11 is 0. The molecule has 1 heterocycles. The van der Waals surface area contributed by atoms with Crippen LogP contribution in [0.5, 0.6) is 0 Å². The summed E-state index contributed by atoms with van der Waals surface area (Å²) in [7, 11) is 0. The van der Waals surface area contributed by atoms with E-state index in [1.54, 1.807) is 6.08 Å². The van der Waals surface area contributed by atoms with Crippen molar-refractivity contribution in [2.24, 2.45) is 34.5 Å². The van der Waals surface area contributed by atoms with E-state index >= 15 is 0 Å². The fourth-order valence-corrected chi connectivity index (χ4v) is 7.95. The van der Waals surface area contributed by atoms with Crippen LogP contribution >= 0.6 is 0 Å². The van der Waals surface area contributed by atoms with Crippen molar-refractivity contribution in [3.63, 3.8) is 0 Å². The molecule has 0 aromatic heterocycles. The number of amides is 1. The first-order valence-corrected chi connectivity index (χ1v) is 12.0. The number of carbonyl (C=O) groups excluding carboxylic acids is 2. The normalized spacial score (nSPS) is 42.1. The molecule has 3 saturated carbocycles. The molecule has 5 rings (SSSR count). The third-order valence-electron chi connectivity index (χ3n) is 9.58. The Labute approximate surface area is 180 Å². The lowest BCUT2D eigenvalue weighted by Gasteiger charge is -2.58. The van der Waals surface area contributed by atoms with Crippen molar-refractivity contribution in [3.8, 4) is 0 Å². The second kappa shape index (κ2) is 7.35. The molecule has 1 aromatic carbocycles. The van der Waals surface area contributed by atoms with Gasteiger partial charge in [0.2, 0.25) is 5.91 Å². The molecule has 1 aromatic rings. The summed E-state index contributed by atoms with van der Waals surface area (Å²) in [5, 5.41) is 3.24. The van der Waals surface area contributed by atoms with Gasteiger partial charge in [-0.1, -0.05) is 50.3 Å². The molecule has 1 N–H and O–H groups in total. The van der Waals surface area contributed by atoms with Crippen LogP contribution in [0.25, 0.3) is 0 Å². The van der Waals surface area contributed by atoms with E-state index in [9.17, 15) is 9.59 Å². The van der Waals surface area contributed by atoms with Crippen molar-refractivity contribution in [1.82, 2.24) is 5.32 Å². The molecular weight excluding hydrogens is 370 g/mol. The van der Waals surface area contributed by atoms with Crippen molar-refractivity contribution < 1.29 is 9.59 Å². The number of fused-ring (bicyclic) bond motifs is 5. The van der Waals surface area contributed by atoms with Crippen LogP contribution in [0.1, 0.15) is 64.4 Å². The fourth-order valence-electron chi connectivity index (χ4n) is 7.95. The molecule has 160 valence electrons. The molecule has 0 bridgehead atoms. The predicted octanol–water partition coefficient (Wildman–Crippen LogP) is 5.10. The Morgan fingerprint density at radius 3 is 2.63 bits per heavy atom. The van der Waals surface area contributed by atoms with E-state index in [1.807, 2.05) is 6.07 Å². The zero-order chi connectivity index (χ0) is 20.9. The van der Waals surface area contributed by atoms with Crippen LogP contribution in [0, 0.1) is 34.5 Å². The highest BCUT2D eigenvalue weighted by atomic mass is 16.1. The van der Waals surface area contributed by atoms with Gasteiger partial charge in [0, 0.05) is 23.8 Å². The van der Waals surface area contributed by atoms with E-state index < -0.39 is 0 Å². The van der Waals surface area contributed by atoms with Crippen molar-refractivity contribution in [1.29, 1.82) is 0 Å². The molecule has 0 saturated heterocycles. The first-order valence-electron chi connectivity index (χ1n) is 12.0. The SMILES string of the molecule is C[C@]12C=CC(=O)N[C@@H]1CC[C@@H]1[C@@H]2CC[C@]2(C)[C@@H](C(=O)CCc3ccccc3)CC[C@@H]12. The smallest absolute Gasteiger partial charge is 0.243 e. The number of ketones is 1. The Hall–Kier alpha value is -1.90. The van der Waals surface area contributed by atoms with E-state index in [2.05, 4.69) is 49.5 Å². The van der Waals surface area contributed by atoms with Gasteiger partial charge in [-0.25, -0.2) is 0 Å². The van der Waals surface area contributed by atoms with Crippen molar-refractivity contribution in [2.45, 2.75) is 71.3 Å². The third kappa shape index (κ3) is 3.08. The highest BCUT2D eigenvalue weighted by Gasteiger charge is 2.60. The van der Waals surface area contributed by atoms with Gasteiger partial charge in [0.25, 0.3) is 0 Å². The number of hydrogen-bond acceptors (Lipinski definition) is 2. The van der Waals surface area contributed by atoms with Gasteiger partial charge < -0.3 is 5.32 Å². The zero-order valence-corrected chi connectivity index (χ0v) is 18.4. The Morgan fingerprint density at radius 2 is 1.83 bits per heavy atom. The molecule has 1 aliphatic heterocycles. The summed E-state index contributed by atoms with van der Waals surface area (Å²) in [6.45, 7) is 4.80. The first-order chi connectivity index (χ1) is 14.4. The average Bonchev–Trinajstić information content (AvgIpc) is 3.10. The van der Waals surface area contributed by atoms with E-state index in [0.717, 1.165) is 25.7 Å². The standard InChI is InChI=1S/C27H35NO2/c1-26-16-14-21-19(9-13-24-27(21,2)17-15-25(30)28-24)20(26)10-11-22(26)23(29)12-8-18-6-4-3-5-7-18/h3-7,15,17,19-22,24H,8-14,16H2,1-2H3,(H,28,30)/t19-,20-,21-,22+,24+,26-,27+/m0/s1. The van der Waals surface area contributed by atoms with Gasteiger partial charge in [0.05, 0.1) is 0 Å². The van der Waals surface area contributed by atoms with Gasteiger partial charge in [0.1, 0.15) is 5.78 Å². The average molecular weight is 406 g/mol. The Bertz CT molecular complexity index is 861. The molecule has 7 atom stereocenters. The van der Waals surface area contributed by atoms with Crippen LogP contribution in [-0.4, -0.2) is 17.7 Å². The zero-order valence-electron chi connectivity index (χ0n) is 18.4. The summed E-state index contributed by atoms with van der Waals surface area (Å²) in [6, 6.07) is 10.7. The van der Waals surface area contributed by atoms with E-state index in [0.29, 0.717) is 30.0 Å². The number of aryl methyl sites for hydroxylation is 1. The molecule has 0 unspecified atom stereocenters. The van der Waals surface area contributed by atoms with E-state index in [-0.39, 0.29) is 28.7 Å². The molecule has 0 radical (unpaired) electrons. The van der Waals surface area contributed by atoms with Crippen molar-refractivity contribution in [3.05, 3.63) is 48.0 Å². The summed E-state index contributed by atoms with van der Waals surface area (Å²) in [4.78, 5) is 25.2. The second-order valence-electron chi connectivity index (χ2n) is 10.8. The van der Waals surface area contributed by atoms with Gasteiger partial charge in [-0.05, 0) is 79.8 Å². The molecule has 3 heteroatoms. The van der Waals surface area contributed by atoms with Gasteiger partial charge in [-0.3, -0.25) is 9.59 Å². The number of carbonyl (C=O) groups is 2. The maximum Gasteiger partial charge on any atom is 0.243 e. The lowest BCUT2D eigenvalue weighted by molar-refractivity contribution is -0.132. The van der Waals surface area contributed by atoms with Crippen molar-refractivity contribution in [2.75, 3.05) is 0 Å². The first kappa shape index (κ1) is 20.0. The lowest BCUT2D eigenvalue weighted by atomic mass is 9.47. The fraction of sp³-hybridized carbons (Fsp3) is 0.630. The minimum Gasteiger partial charge on any atom is -0.349 e. The van der Waals surface area contributed by atoms with Gasteiger partial charge >= 0.3 is 0 Å². The maximum atomic E-state index is 13.3. The highest BCUT2D eigenvalue weighted by molar-refractivity contribution is 5.89. The topological polar surface area (TPSA) is 46.2 Å². The molecule has 3 aliphatic carbocycles. The molecule has 1 amide bonds. The van der Waals surface area contributed by atoms with Crippen molar-refractivity contribution >= 4 is 11.7 Å². The Morgan fingerprint density at radius 1 is 1.03 bits per heavy atom. The van der Waals surface area contributed by atoms with E-state index in [4.69, 9.17) is 0 Å². The summed E-state index contributed by atoms with van der Waals surface area (Å²) in [6.07, 6.45) is 12.4. The summed E-state index contributed by atoms with van der Waals surface area (Å²) in [5.74, 6) is 2.78. The highest BCUT2D eigenvalue weighted by Crippen LogP contribution is 2.65. The number of rotatable bonds is 4. The van der Waals surface area contributed by atoms with Crippen LogP contribution in [0.15, 0.2) is 42.5 Å². The second-order valence-corrected chi connectivity index (χ2v) is 10.8. The molecular formula is C27H35NO2. The maximum absolute atomic E-state index is 13.3. The molecule has 0 spiro atoms. The Balaban J connectivity index is 1.32. The monoisotopic (exact) mass is 405 g/mol. The number of hydrogen-bond donors (Lipinski definition) is 1. The quantitative estimate of drug-likeness (QED) is 0.757. The number of Topliss-reactive ketones (excluding diaryl/α,β-unsaturated/α-hetero) is 1. The van der Waals surface area contributed by atoms with Crippen LogP contribution in [0.3, 0.4) is 0 Å². The third-order valence-corrected chi connectivity index (χ3v) is 9.58. The van der Waals surface area contributed by atoms with Gasteiger partial charge in [-0.2, -0.15) is 0 Å². The molecule has 30 heavy (non-hydrogen) atoms. The summed E-state index contributed by atoms with van der Waals surface area (Å²) < 4.78 is 0. The minimum absolute atomic E-state index is 0.0708. The van der Waals surface area contributed by atoms with Crippen LogP contribution in [-0.2, 0) is 16.0 Å². The van der Waals surface area contributed by atoms with Crippen LogP contribution < -0.4 is 5.32 Å². The predicted molar refractivity (Wildman–Crippen MR) is 119 cm³/mol. The Kier molecular flexibility index (Phi) is 4.91. The van der Waals surface area contributed by atoms with Crippen LogP contribution in [0.2, 0.25) is 0 Å². The molecule has 3 nitrogen and oxygen atoms in total. The molecule has 4 aliphatic rings. The lowest BCUT2D eigenvalue weighted by Crippen LogP contribution is -2.59. The van der Waals surface area contributed by atoms with E-state index in [1.165, 1.54) is 24.8 Å². The largest absolute Gasteiger partial charge is 0.349 e. The number of benzene rings is 1. The van der Waals surface area contributed by atoms with Crippen LogP contribution in [0.4, 0.5) is 0 Å².